The van der Waals surface area contributed by atoms with Gasteiger partial charge in [0.1, 0.15) is 5.82 Å². The van der Waals surface area contributed by atoms with Crippen LogP contribution in [0.5, 0.6) is 0 Å². The minimum atomic E-state index is -0.976. The van der Waals surface area contributed by atoms with Gasteiger partial charge in [-0.05, 0) is 55.5 Å². The predicted octanol–water partition coefficient (Wildman–Crippen LogP) is 3.08. The van der Waals surface area contributed by atoms with E-state index in [2.05, 4.69) is 5.32 Å². The lowest BCUT2D eigenvalue weighted by Crippen LogP contribution is -2.30. The number of amides is 1. The summed E-state index contributed by atoms with van der Waals surface area (Å²) < 4.78 is 18.0. The van der Waals surface area contributed by atoms with Crippen LogP contribution in [-0.4, -0.2) is 32.1 Å². The van der Waals surface area contributed by atoms with Crippen molar-refractivity contribution in [2.45, 2.75) is 13.0 Å². The summed E-state index contributed by atoms with van der Waals surface area (Å²) in [6.07, 6.45) is -0.976. The Morgan fingerprint density at radius 2 is 1.62 bits per heavy atom. The van der Waals surface area contributed by atoms with Gasteiger partial charge in [0.05, 0.1) is 5.56 Å². The minimum absolute atomic E-state index is 0.363. The van der Waals surface area contributed by atoms with E-state index in [0.717, 1.165) is 5.69 Å². The predicted molar refractivity (Wildman–Crippen MR) is 90.7 cm³/mol. The molecule has 5 nitrogen and oxygen atoms in total. The number of ether oxygens (including phenoxy) is 1. The van der Waals surface area contributed by atoms with Gasteiger partial charge >= 0.3 is 5.97 Å². The van der Waals surface area contributed by atoms with Gasteiger partial charge in [0.2, 0.25) is 0 Å². The molecule has 126 valence electrons. The summed E-state index contributed by atoms with van der Waals surface area (Å²) in [4.78, 5) is 26.0. The fraction of sp³-hybridized carbons (Fsp3) is 0.222. The number of carbonyl (C=O) groups excluding carboxylic acids is 2. The van der Waals surface area contributed by atoms with Crippen molar-refractivity contribution in [1.29, 1.82) is 0 Å². The van der Waals surface area contributed by atoms with E-state index in [-0.39, 0.29) is 0 Å². The number of rotatable bonds is 5. The van der Waals surface area contributed by atoms with E-state index in [1.807, 2.05) is 19.0 Å². The lowest BCUT2D eigenvalue weighted by Gasteiger charge is -2.15. The number of nitrogens with one attached hydrogen (secondary N) is 1. The number of benzene rings is 2. The van der Waals surface area contributed by atoms with Gasteiger partial charge < -0.3 is 15.0 Å². The number of carbonyl (C=O) groups is 2. The molecule has 6 heteroatoms. The average molecular weight is 330 g/mol. The molecule has 0 unspecified atom stereocenters. The van der Waals surface area contributed by atoms with E-state index in [0.29, 0.717) is 11.3 Å². The highest BCUT2D eigenvalue weighted by Gasteiger charge is 2.19. The molecular weight excluding hydrogens is 311 g/mol. The molecule has 2 aromatic rings. The quantitative estimate of drug-likeness (QED) is 0.856. The Hall–Kier alpha value is -2.89. The van der Waals surface area contributed by atoms with E-state index >= 15 is 0 Å². The van der Waals surface area contributed by atoms with E-state index in [1.165, 1.54) is 31.2 Å². The molecule has 1 N–H and O–H groups in total. The van der Waals surface area contributed by atoms with Gasteiger partial charge in [0, 0.05) is 25.5 Å². The van der Waals surface area contributed by atoms with Gasteiger partial charge in [-0.2, -0.15) is 0 Å². The van der Waals surface area contributed by atoms with Gasteiger partial charge in [0.15, 0.2) is 6.10 Å². The van der Waals surface area contributed by atoms with Crippen LogP contribution < -0.4 is 10.2 Å². The summed E-state index contributed by atoms with van der Waals surface area (Å²) in [6, 6.07) is 12.2. The first-order chi connectivity index (χ1) is 11.4. The second-order valence-corrected chi connectivity index (χ2v) is 5.48. The highest BCUT2D eigenvalue weighted by molar-refractivity contribution is 5.97. The first kappa shape index (κ1) is 17.5. The van der Waals surface area contributed by atoms with Crippen molar-refractivity contribution in [2.24, 2.45) is 0 Å². The van der Waals surface area contributed by atoms with Crippen LogP contribution in [0.1, 0.15) is 17.3 Å². The molecule has 0 saturated heterocycles. The van der Waals surface area contributed by atoms with Gasteiger partial charge in [-0.1, -0.05) is 0 Å². The average Bonchev–Trinajstić information content (AvgIpc) is 2.56. The molecule has 0 aliphatic carbocycles. The van der Waals surface area contributed by atoms with E-state index < -0.39 is 23.8 Å². The van der Waals surface area contributed by atoms with Gasteiger partial charge in [-0.25, -0.2) is 9.18 Å². The monoisotopic (exact) mass is 330 g/mol. The molecule has 0 heterocycles. The normalized spacial score (nSPS) is 11.5. The molecule has 0 spiro atoms. The number of halogens is 1. The summed E-state index contributed by atoms with van der Waals surface area (Å²) in [7, 11) is 3.80. The topological polar surface area (TPSA) is 58.6 Å². The molecular formula is C18H19FN2O3. The summed E-state index contributed by atoms with van der Waals surface area (Å²) >= 11 is 0. The van der Waals surface area contributed by atoms with Crippen molar-refractivity contribution < 1.29 is 18.7 Å². The standard InChI is InChI=1S/C18H19FN2O3/c1-12(17(22)20-15-8-6-14(19)7-9-15)24-18(23)13-4-10-16(11-5-13)21(2)3/h4-12H,1-3H3,(H,20,22)/t12-/m1/s1. The lowest BCUT2D eigenvalue weighted by molar-refractivity contribution is -0.123. The Balaban J connectivity index is 1.94. The summed E-state index contributed by atoms with van der Waals surface area (Å²) in [5.41, 5.74) is 1.75. The molecule has 0 bridgehead atoms. The Kier molecular flexibility index (Phi) is 5.52. The highest BCUT2D eigenvalue weighted by atomic mass is 19.1. The third-order valence-electron chi connectivity index (χ3n) is 3.38. The smallest absolute Gasteiger partial charge is 0.338 e. The first-order valence-corrected chi connectivity index (χ1v) is 7.41. The number of hydrogen-bond donors (Lipinski definition) is 1. The maximum Gasteiger partial charge on any atom is 0.338 e. The number of esters is 1. The molecule has 0 aliphatic rings. The van der Waals surface area contributed by atoms with Crippen molar-refractivity contribution in [1.82, 2.24) is 0 Å². The zero-order valence-electron chi connectivity index (χ0n) is 13.7. The van der Waals surface area contributed by atoms with Crippen molar-refractivity contribution in [3.8, 4) is 0 Å². The maximum absolute atomic E-state index is 12.8. The second kappa shape index (κ2) is 7.59. The van der Waals surface area contributed by atoms with Gasteiger partial charge in [0.25, 0.3) is 5.91 Å². The third-order valence-corrected chi connectivity index (χ3v) is 3.38. The van der Waals surface area contributed by atoms with Crippen LogP contribution in [0.15, 0.2) is 48.5 Å². The number of nitrogens with zero attached hydrogens (tertiary/aromatic N) is 1. The van der Waals surface area contributed by atoms with Crippen LogP contribution in [0, 0.1) is 5.82 Å². The molecule has 1 atom stereocenters. The molecule has 0 aliphatic heterocycles. The fourth-order valence-corrected chi connectivity index (χ4v) is 1.95. The Bertz CT molecular complexity index is 712. The number of anilines is 2. The molecule has 0 saturated carbocycles. The van der Waals surface area contributed by atoms with Crippen molar-refractivity contribution in [3.05, 3.63) is 59.9 Å². The molecule has 0 fully saturated rings. The second-order valence-electron chi connectivity index (χ2n) is 5.48. The van der Waals surface area contributed by atoms with E-state index in [9.17, 15) is 14.0 Å². The summed E-state index contributed by atoms with van der Waals surface area (Å²) in [5.74, 6) is -1.46. The minimum Gasteiger partial charge on any atom is -0.449 e. The van der Waals surface area contributed by atoms with Crippen molar-refractivity contribution >= 4 is 23.3 Å². The maximum atomic E-state index is 12.8. The first-order valence-electron chi connectivity index (χ1n) is 7.41. The van der Waals surface area contributed by atoms with Crippen molar-refractivity contribution in [3.63, 3.8) is 0 Å². The largest absolute Gasteiger partial charge is 0.449 e. The van der Waals surface area contributed by atoms with Crippen LogP contribution >= 0.6 is 0 Å². The van der Waals surface area contributed by atoms with Crippen LogP contribution in [-0.2, 0) is 9.53 Å². The lowest BCUT2D eigenvalue weighted by atomic mass is 10.2. The third kappa shape index (κ3) is 4.55. The highest BCUT2D eigenvalue weighted by Crippen LogP contribution is 2.14. The number of hydrogen-bond acceptors (Lipinski definition) is 4. The molecule has 2 rings (SSSR count). The molecule has 0 radical (unpaired) electrons. The van der Waals surface area contributed by atoms with Crippen LogP contribution in [0.4, 0.5) is 15.8 Å². The van der Waals surface area contributed by atoms with Crippen molar-refractivity contribution in [2.75, 3.05) is 24.3 Å². The zero-order valence-corrected chi connectivity index (χ0v) is 13.7. The molecule has 2 aromatic carbocycles. The Labute approximate surface area is 140 Å². The Morgan fingerprint density at radius 1 is 1.04 bits per heavy atom. The Morgan fingerprint density at radius 3 is 2.17 bits per heavy atom. The fourth-order valence-electron chi connectivity index (χ4n) is 1.95. The molecule has 0 aromatic heterocycles. The summed E-state index contributed by atoms with van der Waals surface area (Å²) in [5, 5.41) is 2.56. The molecule has 1 amide bonds. The van der Waals surface area contributed by atoms with E-state index in [1.54, 1.807) is 24.3 Å². The van der Waals surface area contributed by atoms with Crippen LogP contribution in [0.2, 0.25) is 0 Å². The van der Waals surface area contributed by atoms with Gasteiger partial charge in [-0.15, -0.1) is 0 Å². The van der Waals surface area contributed by atoms with E-state index in [4.69, 9.17) is 4.74 Å². The van der Waals surface area contributed by atoms with Gasteiger partial charge in [-0.3, -0.25) is 4.79 Å². The summed E-state index contributed by atoms with van der Waals surface area (Å²) in [6.45, 7) is 1.48. The molecule has 24 heavy (non-hydrogen) atoms. The van der Waals surface area contributed by atoms with Crippen LogP contribution in [0.25, 0.3) is 0 Å². The zero-order chi connectivity index (χ0) is 17.7. The van der Waals surface area contributed by atoms with Crippen LogP contribution in [0.3, 0.4) is 0 Å². The SMILES string of the molecule is C[C@@H](OC(=O)c1ccc(N(C)C)cc1)C(=O)Nc1ccc(F)cc1.